The number of aromatic nitrogens is 2. The fourth-order valence-corrected chi connectivity index (χ4v) is 3.23. The van der Waals surface area contributed by atoms with Gasteiger partial charge in [-0.05, 0) is 37.1 Å². The fourth-order valence-electron chi connectivity index (χ4n) is 3.23. The third kappa shape index (κ3) is 2.90. The number of rotatable bonds is 3. The highest BCUT2D eigenvalue weighted by Crippen LogP contribution is 2.36. The average molecular weight is 348 g/mol. The molecule has 2 aromatic carbocycles. The molecule has 2 heterocycles. The quantitative estimate of drug-likeness (QED) is 0.779. The Labute approximate surface area is 150 Å². The maximum Gasteiger partial charge on any atom is 0.275 e. The van der Waals surface area contributed by atoms with Crippen molar-refractivity contribution >= 4 is 23.1 Å². The summed E-state index contributed by atoms with van der Waals surface area (Å²) in [5.74, 6) is -0.304. The number of nitrogens with one attached hydrogen (secondary N) is 1. The summed E-state index contributed by atoms with van der Waals surface area (Å²) in [5.41, 5.74) is 2.63. The Hall–Kier alpha value is -3.28. The number of para-hydroxylation sites is 2. The first-order valence-electron chi connectivity index (χ1n) is 8.38. The number of benzene rings is 2. The molecular formula is C20H17FN4O. The number of hydrogen-bond acceptors (Lipinski definition) is 4. The first-order valence-corrected chi connectivity index (χ1v) is 8.38. The summed E-state index contributed by atoms with van der Waals surface area (Å²) in [5, 5.41) is 2.51. The predicted molar refractivity (Wildman–Crippen MR) is 98.1 cm³/mol. The topological polar surface area (TPSA) is 58.1 Å². The Morgan fingerprint density at radius 2 is 1.88 bits per heavy atom. The maximum absolute atomic E-state index is 13.7. The van der Waals surface area contributed by atoms with Crippen molar-refractivity contribution in [2.45, 2.75) is 19.4 Å². The van der Waals surface area contributed by atoms with Crippen LogP contribution in [0.4, 0.5) is 21.6 Å². The van der Waals surface area contributed by atoms with E-state index in [1.165, 1.54) is 23.9 Å². The molecular weight excluding hydrogens is 331 g/mol. The second kappa shape index (κ2) is 6.55. The van der Waals surface area contributed by atoms with Crippen LogP contribution in [-0.2, 0) is 6.42 Å². The van der Waals surface area contributed by atoms with E-state index in [2.05, 4.69) is 39.2 Å². The van der Waals surface area contributed by atoms with Gasteiger partial charge in [0, 0.05) is 11.7 Å². The fraction of sp³-hybridized carbons (Fsp3) is 0.150. The van der Waals surface area contributed by atoms with E-state index >= 15 is 0 Å². The summed E-state index contributed by atoms with van der Waals surface area (Å²) in [6.45, 7) is 2.13. The van der Waals surface area contributed by atoms with Gasteiger partial charge in [-0.3, -0.25) is 4.79 Å². The lowest BCUT2D eigenvalue weighted by Crippen LogP contribution is -2.25. The van der Waals surface area contributed by atoms with Crippen LogP contribution >= 0.6 is 0 Å². The zero-order chi connectivity index (χ0) is 18.1. The highest BCUT2D eigenvalue weighted by molar-refractivity contribution is 6.02. The van der Waals surface area contributed by atoms with Crippen LogP contribution < -0.4 is 10.2 Å². The minimum atomic E-state index is -0.496. The monoisotopic (exact) mass is 348 g/mol. The molecule has 1 unspecified atom stereocenters. The smallest absolute Gasteiger partial charge is 0.275 e. The van der Waals surface area contributed by atoms with Gasteiger partial charge in [-0.25, -0.2) is 14.4 Å². The highest BCUT2D eigenvalue weighted by atomic mass is 19.1. The van der Waals surface area contributed by atoms with Crippen LogP contribution in [0.2, 0.25) is 0 Å². The van der Waals surface area contributed by atoms with Crippen molar-refractivity contribution in [2.24, 2.45) is 0 Å². The molecule has 130 valence electrons. The van der Waals surface area contributed by atoms with E-state index in [9.17, 15) is 9.18 Å². The first kappa shape index (κ1) is 16.2. The van der Waals surface area contributed by atoms with Crippen molar-refractivity contribution < 1.29 is 9.18 Å². The van der Waals surface area contributed by atoms with Gasteiger partial charge in [0.25, 0.3) is 5.91 Å². The summed E-state index contributed by atoms with van der Waals surface area (Å²) < 4.78 is 13.7. The second-order valence-corrected chi connectivity index (χ2v) is 6.25. The summed E-state index contributed by atoms with van der Waals surface area (Å²) in [6.07, 6.45) is 3.93. The van der Waals surface area contributed by atoms with Gasteiger partial charge in [-0.1, -0.05) is 30.3 Å². The first-order chi connectivity index (χ1) is 12.6. The summed E-state index contributed by atoms with van der Waals surface area (Å²) in [4.78, 5) is 23.0. The van der Waals surface area contributed by atoms with Crippen LogP contribution in [0.5, 0.6) is 0 Å². The number of carbonyl (C=O) groups excluding carboxylic acids is 1. The van der Waals surface area contributed by atoms with Gasteiger partial charge in [-0.15, -0.1) is 0 Å². The molecule has 1 amide bonds. The molecule has 0 aliphatic carbocycles. The Morgan fingerprint density at radius 3 is 2.65 bits per heavy atom. The summed E-state index contributed by atoms with van der Waals surface area (Å²) in [6, 6.07) is 14.4. The maximum atomic E-state index is 13.7. The Morgan fingerprint density at radius 1 is 1.12 bits per heavy atom. The van der Waals surface area contributed by atoms with Gasteiger partial charge in [0.05, 0.1) is 18.1 Å². The molecule has 4 rings (SSSR count). The van der Waals surface area contributed by atoms with Crippen molar-refractivity contribution in [3.05, 3.63) is 78.0 Å². The van der Waals surface area contributed by atoms with Crippen LogP contribution in [0.15, 0.2) is 60.9 Å². The van der Waals surface area contributed by atoms with Gasteiger partial charge < -0.3 is 10.2 Å². The van der Waals surface area contributed by atoms with E-state index in [-0.39, 0.29) is 17.4 Å². The zero-order valence-electron chi connectivity index (χ0n) is 14.2. The number of carbonyl (C=O) groups is 1. The number of halogens is 1. The van der Waals surface area contributed by atoms with Gasteiger partial charge in [0.1, 0.15) is 11.5 Å². The predicted octanol–water partition coefficient (Wildman–Crippen LogP) is 3.95. The van der Waals surface area contributed by atoms with Crippen LogP contribution in [0, 0.1) is 5.82 Å². The molecule has 1 N–H and O–H groups in total. The number of hydrogen-bond donors (Lipinski definition) is 1. The summed E-state index contributed by atoms with van der Waals surface area (Å²) in [7, 11) is 0. The second-order valence-electron chi connectivity index (χ2n) is 6.25. The molecule has 0 radical (unpaired) electrons. The lowest BCUT2D eigenvalue weighted by Gasteiger charge is -2.23. The average Bonchev–Trinajstić information content (AvgIpc) is 2.99. The molecule has 3 aromatic rings. The van der Waals surface area contributed by atoms with Crippen molar-refractivity contribution in [3.63, 3.8) is 0 Å². The molecule has 0 spiro atoms. The van der Waals surface area contributed by atoms with Crippen LogP contribution in [0.1, 0.15) is 23.0 Å². The van der Waals surface area contributed by atoms with Crippen molar-refractivity contribution in [3.8, 4) is 0 Å². The van der Waals surface area contributed by atoms with E-state index < -0.39 is 11.7 Å². The molecule has 6 heteroatoms. The lowest BCUT2D eigenvalue weighted by molar-refractivity contribution is 0.102. The van der Waals surface area contributed by atoms with Gasteiger partial charge in [-0.2, -0.15) is 0 Å². The Balaban J connectivity index is 1.56. The Bertz CT molecular complexity index is 958. The van der Waals surface area contributed by atoms with E-state index in [1.54, 1.807) is 18.3 Å². The standard InChI is InChI=1S/C20H17FN4O/c1-13-10-14-6-2-5-9-18(14)25(13)19-12-22-17(11-23-19)20(26)24-16-8-4-3-7-15(16)21/h2-9,11-13H,10H2,1H3,(H,24,26). The lowest BCUT2D eigenvalue weighted by atomic mass is 10.1. The number of nitrogens with zero attached hydrogens (tertiary/aromatic N) is 3. The van der Waals surface area contributed by atoms with E-state index in [4.69, 9.17) is 0 Å². The molecule has 0 fully saturated rings. The molecule has 0 saturated carbocycles. The van der Waals surface area contributed by atoms with Crippen LogP contribution in [0.25, 0.3) is 0 Å². The number of amides is 1. The molecule has 1 aliphatic rings. The largest absolute Gasteiger partial charge is 0.322 e. The SMILES string of the molecule is CC1Cc2ccccc2N1c1cnc(C(=O)Nc2ccccc2F)cn1. The molecule has 1 aliphatic heterocycles. The van der Waals surface area contributed by atoms with Gasteiger partial charge in [0.15, 0.2) is 5.82 Å². The molecule has 0 bridgehead atoms. The molecule has 1 aromatic heterocycles. The van der Waals surface area contributed by atoms with E-state index in [0.29, 0.717) is 5.82 Å². The third-order valence-electron chi connectivity index (χ3n) is 4.45. The van der Waals surface area contributed by atoms with Gasteiger partial charge in [0.2, 0.25) is 0 Å². The van der Waals surface area contributed by atoms with Crippen LogP contribution in [-0.4, -0.2) is 21.9 Å². The van der Waals surface area contributed by atoms with Gasteiger partial charge >= 0.3 is 0 Å². The van der Waals surface area contributed by atoms with Crippen molar-refractivity contribution in [2.75, 3.05) is 10.2 Å². The number of anilines is 3. The third-order valence-corrected chi connectivity index (χ3v) is 4.45. The Kier molecular flexibility index (Phi) is 4.08. The number of fused-ring (bicyclic) bond motifs is 1. The van der Waals surface area contributed by atoms with E-state index in [1.807, 2.05) is 12.1 Å². The molecule has 26 heavy (non-hydrogen) atoms. The molecule has 5 nitrogen and oxygen atoms in total. The zero-order valence-corrected chi connectivity index (χ0v) is 14.2. The van der Waals surface area contributed by atoms with Crippen molar-refractivity contribution in [1.82, 2.24) is 9.97 Å². The minimum absolute atomic E-state index is 0.116. The van der Waals surface area contributed by atoms with E-state index in [0.717, 1.165) is 12.1 Å². The summed E-state index contributed by atoms with van der Waals surface area (Å²) >= 11 is 0. The van der Waals surface area contributed by atoms with Crippen LogP contribution in [0.3, 0.4) is 0 Å². The van der Waals surface area contributed by atoms with Crippen molar-refractivity contribution in [1.29, 1.82) is 0 Å². The highest BCUT2D eigenvalue weighted by Gasteiger charge is 2.28. The molecule has 1 atom stereocenters. The minimum Gasteiger partial charge on any atom is -0.322 e. The normalized spacial score (nSPS) is 15.6. The molecule has 0 saturated heterocycles.